The zero-order chi connectivity index (χ0) is 15.4. The number of carboxylic acids is 1. The minimum absolute atomic E-state index is 0.224. The zero-order valence-corrected chi connectivity index (χ0v) is 11.7. The second-order valence-corrected chi connectivity index (χ2v) is 4.49. The highest BCUT2D eigenvalue weighted by molar-refractivity contribution is 5.88. The van der Waals surface area contributed by atoms with Crippen molar-refractivity contribution in [3.63, 3.8) is 0 Å². The van der Waals surface area contributed by atoms with Crippen molar-refractivity contribution in [2.75, 3.05) is 5.43 Å². The van der Waals surface area contributed by atoms with E-state index >= 15 is 0 Å². The van der Waals surface area contributed by atoms with Gasteiger partial charge in [-0.15, -0.1) is 0 Å². The number of hydrazone groups is 1. The fourth-order valence-corrected chi connectivity index (χ4v) is 1.82. The number of hydrogen-bond donors (Lipinski definition) is 2. The predicted octanol–water partition coefficient (Wildman–Crippen LogP) is 2.35. The van der Waals surface area contributed by atoms with E-state index in [1.807, 2.05) is 14.0 Å². The first-order valence-corrected chi connectivity index (χ1v) is 6.21. The van der Waals surface area contributed by atoms with Gasteiger partial charge in [-0.1, -0.05) is 0 Å². The molecule has 0 unspecified atom stereocenters. The van der Waals surface area contributed by atoms with Gasteiger partial charge in [-0.3, -0.25) is 5.43 Å². The van der Waals surface area contributed by atoms with Gasteiger partial charge in [0.1, 0.15) is 11.8 Å². The van der Waals surface area contributed by atoms with E-state index in [2.05, 4.69) is 16.6 Å². The lowest BCUT2D eigenvalue weighted by molar-refractivity contribution is 0.0697. The van der Waals surface area contributed by atoms with Crippen LogP contribution in [0, 0.1) is 18.3 Å². The Labute approximate surface area is 121 Å². The van der Waals surface area contributed by atoms with E-state index in [0.29, 0.717) is 11.4 Å². The Morgan fingerprint density at radius 3 is 2.62 bits per heavy atom. The average molecular weight is 282 g/mol. The van der Waals surface area contributed by atoms with Crippen molar-refractivity contribution >= 4 is 17.9 Å². The molecule has 0 radical (unpaired) electrons. The summed E-state index contributed by atoms with van der Waals surface area (Å²) in [7, 11) is 1.82. The molecule has 21 heavy (non-hydrogen) atoms. The van der Waals surface area contributed by atoms with Crippen molar-refractivity contribution in [2.45, 2.75) is 6.92 Å². The summed E-state index contributed by atoms with van der Waals surface area (Å²) in [5.74, 6) is -0.964. The molecule has 1 aromatic carbocycles. The van der Waals surface area contributed by atoms with Crippen molar-refractivity contribution in [2.24, 2.45) is 12.1 Å². The highest BCUT2D eigenvalue weighted by atomic mass is 16.4. The molecule has 1 heterocycles. The Hall–Kier alpha value is -3.07. The average Bonchev–Trinajstić information content (AvgIpc) is 2.75. The number of aromatic carboxylic acids is 1. The number of anilines is 1. The molecule has 1 aromatic heterocycles. The van der Waals surface area contributed by atoms with Crippen molar-refractivity contribution in [1.29, 1.82) is 5.26 Å². The molecule has 6 heteroatoms. The van der Waals surface area contributed by atoms with E-state index in [1.165, 1.54) is 12.1 Å². The van der Waals surface area contributed by atoms with E-state index in [1.54, 1.807) is 29.0 Å². The summed E-state index contributed by atoms with van der Waals surface area (Å²) in [5.41, 5.74) is 6.09. The van der Waals surface area contributed by atoms with E-state index in [-0.39, 0.29) is 5.56 Å². The molecule has 2 N–H and O–H groups in total. The lowest BCUT2D eigenvalue weighted by atomic mass is 10.2. The second-order valence-electron chi connectivity index (χ2n) is 4.49. The van der Waals surface area contributed by atoms with Crippen LogP contribution in [-0.4, -0.2) is 21.9 Å². The van der Waals surface area contributed by atoms with Gasteiger partial charge in [0.25, 0.3) is 0 Å². The molecular weight excluding hydrogens is 268 g/mol. The van der Waals surface area contributed by atoms with Gasteiger partial charge in [0, 0.05) is 18.3 Å². The van der Waals surface area contributed by atoms with Crippen LogP contribution in [0.1, 0.15) is 27.3 Å². The molecule has 0 saturated heterocycles. The summed E-state index contributed by atoms with van der Waals surface area (Å²) < 4.78 is 1.79. The minimum atomic E-state index is -0.964. The van der Waals surface area contributed by atoms with Crippen LogP contribution in [0.25, 0.3) is 0 Å². The Bertz CT molecular complexity index is 736. The molecule has 0 aliphatic rings. The van der Waals surface area contributed by atoms with Crippen LogP contribution in [0.4, 0.5) is 5.69 Å². The van der Waals surface area contributed by atoms with Gasteiger partial charge in [0.05, 0.1) is 17.5 Å². The van der Waals surface area contributed by atoms with Crippen LogP contribution in [0.5, 0.6) is 0 Å². The Kier molecular flexibility index (Phi) is 4.05. The third kappa shape index (κ3) is 3.09. The monoisotopic (exact) mass is 282 g/mol. The number of hydrogen-bond acceptors (Lipinski definition) is 4. The van der Waals surface area contributed by atoms with Crippen LogP contribution >= 0.6 is 0 Å². The third-order valence-corrected chi connectivity index (χ3v) is 3.22. The molecule has 0 saturated carbocycles. The molecule has 0 aliphatic carbocycles. The molecule has 0 spiro atoms. The molecule has 0 aliphatic heterocycles. The first kappa shape index (κ1) is 14.3. The number of benzene rings is 1. The van der Waals surface area contributed by atoms with E-state index in [0.717, 1.165) is 11.3 Å². The normalized spacial score (nSPS) is 10.5. The number of nitrogens with zero attached hydrogens (tertiary/aromatic N) is 3. The number of carbonyl (C=O) groups is 1. The van der Waals surface area contributed by atoms with Gasteiger partial charge in [-0.25, -0.2) is 4.79 Å². The van der Waals surface area contributed by atoms with Crippen LogP contribution in [0.2, 0.25) is 0 Å². The molecule has 0 fully saturated rings. The SMILES string of the molecule is Cc1c(C=NNc2ccc(C(=O)O)cc2)cc(C#N)n1C. The van der Waals surface area contributed by atoms with Gasteiger partial charge in [0.2, 0.25) is 0 Å². The third-order valence-electron chi connectivity index (χ3n) is 3.22. The lowest BCUT2D eigenvalue weighted by Gasteiger charge is -2.01. The summed E-state index contributed by atoms with van der Waals surface area (Å²) in [6, 6.07) is 10.1. The molecular formula is C15H14N4O2. The second kappa shape index (κ2) is 5.92. The Morgan fingerprint density at radius 1 is 1.43 bits per heavy atom. The van der Waals surface area contributed by atoms with E-state index < -0.39 is 5.97 Å². The molecule has 2 rings (SSSR count). The molecule has 106 valence electrons. The standard InChI is InChI=1S/C15H14N4O2/c1-10-12(7-14(8-16)19(10)2)9-17-18-13-5-3-11(4-6-13)15(20)21/h3-7,9,18H,1-2H3,(H,20,21). The number of nitriles is 1. The summed E-state index contributed by atoms with van der Waals surface area (Å²) in [5, 5.41) is 21.8. The fraction of sp³-hybridized carbons (Fsp3) is 0.133. The van der Waals surface area contributed by atoms with Crippen molar-refractivity contribution < 1.29 is 9.90 Å². The van der Waals surface area contributed by atoms with Gasteiger partial charge in [-0.2, -0.15) is 10.4 Å². The molecule has 6 nitrogen and oxygen atoms in total. The van der Waals surface area contributed by atoms with Crippen LogP contribution in [0.3, 0.4) is 0 Å². The Balaban J connectivity index is 2.09. The summed E-state index contributed by atoms with van der Waals surface area (Å²) in [6.45, 7) is 1.91. The van der Waals surface area contributed by atoms with Crippen molar-refractivity contribution in [3.05, 3.63) is 52.8 Å². The number of aromatic nitrogens is 1. The highest BCUT2D eigenvalue weighted by Gasteiger charge is 2.06. The van der Waals surface area contributed by atoms with Crippen LogP contribution in [0.15, 0.2) is 35.4 Å². The first-order valence-electron chi connectivity index (χ1n) is 6.21. The summed E-state index contributed by atoms with van der Waals surface area (Å²) in [4.78, 5) is 10.7. The predicted molar refractivity (Wildman–Crippen MR) is 79.5 cm³/mol. The van der Waals surface area contributed by atoms with Crippen LogP contribution < -0.4 is 5.43 Å². The number of carboxylic acid groups (broad SMARTS) is 1. The maximum absolute atomic E-state index is 10.7. The topological polar surface area (TPSA) is 90.4 Å². The lowest BCUT2D eigenvalue weighted by Crippen LogP contribution is -1.97. The Morgan fingerprint density at radius 2 is 2.10 bits per heavy atom. The minimum Gasteiger partial charge on any atom is -0.478 e. The largest absolute Gasteiger partial charge is 0.478 e. The molecule has 2 aromatic rings. The summed E-state index contributed by atoms with van der Waals surface area (Å²) >= 11 is 0. The van der Waals surface area contributed by atoms with Crippen molar-refractivity contribution in [1.82, 2.24) is 4.57 Å². The van der Waals surface area contributed by atoms with E-state index in [9.17, 15) is 4.79 Å². The van der Waals surface area contributed by atoms with Crippen molar-refractivity contribution in [3.8, 4) is 6.07 Å². The quantitative estimate of drug-likeness (QED) is 0.665. The zero-order valence-electron chi connectivity index (χ0n) is 11.7. The maximum atomic E-state index is 10.7. The van der Waals surface area contributed by atoms with Gasteiger partial charge < -0.3 is 9.67 Å². The van der Waals surface area contributed by atoms with Crippen LogP contribution in [-0.2, 0) is 7.05 Å². The fourth-order valence-electron chi connectivity index (χ4n) is 1.82. The van der Waals surface area contributed by atoms with Gasteiger partial charge in [-0.05, 0) is 37.3 Å². The molecule has 0 bridgehead atoms. The smallest absolute Gasteiger partial charge is 0.335 e. The van der Waals surface area contributed by atoms with Gasteiger partial charge >= 0.3 is 5.97 Å². The van der Waals surface area contributed by atoms with Gasteiger partial charge in [0.15, 0.2) is 0 Å². The summed E-state index contributed by atoms with van der Waals surface area (Å²) in [6.07, 6.45) is 1.63. The molecule has 0 amide bonds. The molecule has 0 atom stereocenters. The highest BCUT2D eigenvalue weighted by Crippen LogP contribution is 2.12. The maximum Gasteiger partial charge on any atom is 0.335 e. The van der Waals surface area contributed by atoms with E-state index in [4.69, 9.17) is 10.4 Å². The number of nitrogens with one attached hydrogen (secondary N) is 1. The first-order chi connectivity index (χ1) is 10.0. The number of rotatable bonds is 4.